The number of hydrogen-bond acceptors (Lipinski definition) is 4. The summed E-state index contributed by atoms with van der Waals surface area (Å²) in [4.78, 5) is 5.03. The van der Waals surface area contributed by atoms with Crippen LogP contribution in [-0.2, 0) is 6.42 Å². The molecule has 0 bridgehead atoms. The molecule has 1 fully saturated rings. The van der Waals surface area contributed by atoms with Crippen molar-refractivity contribution in [3.05, 3.63) is 46.5 Å². The summed E-state index contributed by atoms with van der Waals surface area (Å²) in [7, 11) is 1.71. The molecule has 0 saturated carbocycles. The largest absolute Gasteiger partial charge is 0.497 e. The smallest absolute Gasteiger partial charge is 0.126 e. The highest BCUT2D eigenvalue weighted by molar-refractivity contribution is 5.70. The number of rotatable bonds is 3. The molecule has 0 aromatic heterocycles. The minimum atomic E-state index is 0.291. The molecule has 0 spiro atoms. The molecule has 0 aliphatic carbocycles. The van der Waals surface area contributed by atoms with Crippen LogP contribution in [0.1, 0.15) is 29.2 Å². The van der Waals surface area contributed by atoms with Crippen LogP contribution in [0.25, 0.3) is 0 Å². The summed E-state index contributed by atoms with van der Waals surface area (Å²) in [6.45, 7) is 13.1. The van der Waals surface area contributed by atoms with E-state index >= 15 is 0 Å². The highest BCUT2D eigenvalue weighted by Crippen LogP contribution is 2.42. The van der Waals surface area contributed by atoms with E-state index in [-0.39, 0.29) is 0 Å². The van der Waals surface area contributed by atoms with Gasteiger partial charge in [0.1, 0.15) is 17.6 Å². The van der Waals surface area contributed by atoms with Crippen LogP contribution in [0, 0.1) is 20.8 Å². The fraction of sp³-hybridized carbons (Fsp3) is 0.478. The van der Waals surface area contributed by atoms with Crippen LogP contribution in [0.3, 0.4) is 0 Å². The molecular formula is C23H30N2O2. The molecule has 27 heavy (non-hydrogen) atoms. The number of piperazine rings is 1. The van der Waals surface area contributed by atoms with Crippen molar-refractivity contribution in [3.8, 4) is 11.5 Å². The zero-order chi connectivity index (χ0) is 19.1. The molecule has 1 atom stereocenters. The van der Waals surface area contributed by atoms with Gasteiger partial charge >= 0.3 is 0 Å². The Kier molecular flexibility index (Phi) is 4.67. The van der Waals surface area contributed by atoms with E-state index < -0.39 is 0 Å². The van der Waals surface area contributed by atoms with Crippen molar-refractivity contribution in [2.75, 3.05) is 43.1 Å². The Morgan fingerprint density at radius 2 is 1.52 bits per heavy atom. The van der Waals surface area contributed by atoms with Gasteiger partial charge in [-0.1, -0.05) is 0 Å². The number of nitrogens with zero attached hydrogens (tertiary/aromatic N) is 2. The zero-order valence-corrected chi connectivity index (χ0v) is 17.1. The molecule has 4 heteroatoms. The number of anilines is 2. The van der Waals surface area contributed by atoms with Crippen LogP contribution >= 0.6 is 0 Å². The third-order valence-electron chi connectivity index (χ3n) is 6.18. The summed E-state index contributed by atoms with van der Waals surface area (Å²) in [6, 6.07) is 8.40. The Bertz CT molecular complexity index is 837. The fourth-order valence-electron chi connectivity index (χ4n) is 4.56. The van der Waals surface area contributed by atoms with E-state index in [2.05, 4.69) is 49.6 Å². The third kappa shape index (κ3) is 3.11. The van der Waals surface area contributed by atoms with Gasteiger partial charge in [0.15, 0.2) is 0 Å². The predicted molar refractivity (Wildman–Crippen MR) is 112 cm³/mol. The van der Waals surface area contributed by atoms with Crippen LogP contribution < -0.4 is 19.3 Å². The molecule has 2 heterocycles. The van der Waals surface area contributed by atoms with Gasteiger partial charge in [0.2, 0.25) is 0 Å². The van der Waals surface area contributed by atoms with Gasteiger partial charge < -0.3 is 19.3 Å². The second-order valence-corrected chi connectivity index (χ2v) is 7.84. The summed E-state index contributed by atoms with van der Waals surface area (Å²) in [5.74, 6) is 2.05. The molecule has 4 nitrogen and oxygen atoms in total. The standard InChI is InChI=1S/C23H30N2O2/c1-15-14-21-18(4)22(16(2)17(3)23(21)27-15)25-12-10-24(11-13-25)19-6-8-20(26-5)9-7-19/h6-9,15H,10-14H2,1-5H3. The SMILES string of the molecule is COc1ccc(N2CCN(c3c(C)c(C)c4c(c3C)CC(C)O4)CC2)cc1. The lowest BCUT2D eigenvalue weighted by Crippen LogP contribution is -2.47. The minimum Gasteiger partial charge on any atom is -0.497 e. The van der Waals surface area contributed by atoms with Gasteiger partial charge in [-0.2, -0.15) is 0 Å². The minimum absolute atomic E-state index is 0.291. The summed E-state index contributed by atoms with van der Waals surface area (Å²) in [5, 5.41) is 0. The van der Waals surface area contributed by atoms with Gasteiger partial charge in [0.25, 0.3) is 0 Å². The first-order valence-electron chi connectivity index (χ1n) is 9.92. The molecule has 1 unspecified atom stereocenters. The molecule has 0 radical (unpaired) electrons. The first-order valence-corrected chi connectivity index (χ1v) is 9.92. The Hall–Kier alpha value is -2.36. The van der Waals surface area contributed by atoms with Gasteiger partial charge in [-0.15, -0.1) is 0 Å². The molecular weight excluding hydrogens is 336 g/mol. The van der Waals surface area contributed by atoms with E-state index in [0.717, 1.165) is 44.1 Å². The molecule has 2 aromatic carbocycles. The predicted octanol–water partition coefficient (Wildman–Crippen LogP) is 4.27. The van der Waals surface area contributed by atoms with Crippen molar-refractivity contribution >= 4 is 11.4 Å². The molecule has 144 valence electrons. The maximum absolute atomic E-state index is 6.10. The van der Waals surface area contributed by atoms with E-state index in [1.54, 1.807) is 7.11 Å². The van der Waals surface area contributed by atoms with E-state index in [1.807, 2.05) is 12.1 Å². The number of fused-ring (bicyclic) bond motifs is 1. The summed E-state index contributed by atoms with van der Waals surface area (Å²) in [5.41, 5.74) is 8.22. The number of methoxy groups -OCH3 is 1. The lowest BCUT2D eigenvalue weighted by Gasteiger charge is -2.39. The van der Waals surface area contributed by atoms with E-state index in [4.69, 9.17) is 9.47 Å². The first kappa shape index (κ1) is 18.0. The summed E-state index contributed by atoms with van der Waals surface area (Å²) >= 11 is 0. The van der Waals surface area contributed by atoms with Crippen molar-refractivity contribution in [2.24, 2.45) is 0 Å². The van der Waals surface area contributed by atoms with Gasteiger partial charge in [0.05, 0.1) is 7.11 Å². The highest BCUT2D eigenvalue weighted by atomic mass is 16.5. The Morgan fingerprint density at radius 1 is 0.889 bits per heavy atom. The second-order valence-electron chi connectivity index (χ2n) is 7.84. The first-order chi connectivity index (χ1) is 13.0. The van der Waals surface area contributed by atoms with Crippen molar-refractivity contribution in [1.29, 1.82) is 0 Å². The number of benzene rings is 2. The van der Waals surface area contributed by atoms with Gasteiger partial charge in [-0.25, -0.2) is 0 Å². The van der Waals surface area contributed by atoms with E-state index in [9.17, 15) is 0 Å². The topological polar surface area (TPSA) is 24.9 Å². The molecule has 1 saturated heterocycles. The van der Waals surface area contributed by atoms with Crippen molar-refractivity contribution < 1.29 is 9.47 Å². The van der Waals surface area contributed by atoms with Gasteiger partial charge in [-0.3, -0.25) is 0 Å². The normalized spacial score (nSPS) is 19.1. The summed E-state index contributed by atoms with van der Waals surface area (Å²) in [6.07, 6.45) is 1.32. The van der Waals surface area contributed by atoms with E-state index in [1.165, 1.54) is 33.6 Å². The van der Waals surface area contributed by atoms with Gasteiger partial charge in [-0.05, 0) is 68.7 Å². The zero-order valence-electron chi connectivity index (χ0n) is 17.1. The van der Waals surface area contributed by atoms with Crippen molar-refractivity contribution in [2.45, 2.75) is 40.2 Å². The van der Waals surface area contributed by atoms with E-state index in [0.29, 0.717) is 6.10 Å². The van der Waals surface area contributed by atoms with Crippen LogP contribution in [0.4, 0.5) is 11.4 Å². The molecule has 0 amide bonds. The molecule has 4 rings (SSSR count). The average Bonchev–Trinajstić information content (AvgIpc) is 3.09. The Morgan fingerprint density at radius 3 is 2.15 bits per heavy atom. The lowest BCUT2D eigenvalue weighted by atomic mass is 9.94. The van der Waals surface area contributed by atoms with Crippen LogP contribution in [-0.4, -0.2) is 39.4 Å². The monoisotopic (exact) mass is 366 g/mol. The Labute approximate surface area is 162 Å². The van der Waals surface area contributed by atoms with Crippen molar-refractivity contribution in [3.63, 3.8) is 0 Å². The summed E-state index contributed by atoms with van der Waals surface area (Å²) < 4.78 is 11.4. The maximum atomic E-state index is 6.10. The number of hydrogen-bond donors (Lipinski definition) is 0. The second kappa shape index (κ2) is 6.99. The molecule has 2 aliphatic heterocycles. The molecule has 0 N–H and O–H groups in total. The highest BCUT2D eigenvalue weighted by Gasteiger charge is 2.29. The average molecular weight is 367 g/mol. The lowest BCUT2D eigenvalue weighted by molar-refractivity contribution is 0.253. The van der Waals surface area contributed by atoms with Crippen LogP contribution in [0.15, 0.2) is 24.3 Å². The Balaban J connectivity index is 1.55. The maximum Gasteiger partial charge on any atom is 0.126 e. The van der Waals surface area contributed by atoms with Gasteiger partial charge in [0, 0.05) is 49.5 Å². The molecule has 2 aromatic rings. The fourth-order valence-corrected chi connectivity index (χ4v) is 4.56. The van der Waals surface area contributed by atoms with Crippen LogP contribution in [0.5, 0.6) is 11.5 Å². The van der Waals surface area contributed by atoms with Crippen LogP contribution in [0.2, 0.25) is 0 Å². The third-order valence-corrected chi connectivity index (χ3v) is 6.18. The molecule has 2 aliphatic rings. The van der Waals surface area contributed by atoms with Crippen molar-refractivity contribution in [1.82, 2.24) is 0 Å². The quantitative estimate of drug-likeness (QED) is 0.810. The number of ether oxygens (including phenoxy) is 2.